The minimum absolute atomic E-state index is 0.112. The van der Waals surface area contributed by atoms with Crippen LogP contribution in [0.15, 0.2) is 0 Å². The topological polar surface area (TPSA) is 304 Å². The van der Waals surface area contributed by atoms with Gasteiger partial charge in [-0.15, -0.1) is 0 Å². The van der Waals surface area contributed by atoms with E-state index in [1.807, 2.05) is 55.4 Å². The zero-order valence-electron chi connectivity index (χ0n) is 51.1. The molecule has 0 aromatic heterocycles. The molecule has 22 nitrogen and oxygen atoms in total. The van der Waals surface area contributed by atoms with Gasteiger partial charge in [0.15, 0.2) is 0 Å². The maximum Gasteiger partial charge on any atom is 0.408 e. The molecule has 0 spiro atoms. The SMILES string of the molecule is COC(=O)CC[C@H](CC(C)C)NC(=O)[C@H](C)NC(=O)CC[C@H](CC(C)C)NC(=O)[C@H](C)NC(=O)OC(C)(C)C.COC(=O)CC[C@H](CC(C)C)NC(=O)[C@H](C)NC(=O)CC[C@H](CC(C)C)NC(=O)[C@H](C)NC(=O)OC(C)(C)C. The summed E-state index contributed by atoms with van der Waals surface area (Å²) in [5.41, 5.74) is -1.36. The van der Waals surface area contributed by atoms with Crippen LogP contribution in [0, 0.1) is 23.7 Å². The molecule has 0 saturated heterocycles. The number of hydrogen-bond donors (Lipinski definition) is 8. The maximum atomic E-state index is 12.7. The molecule has 0 aromatic carbocycles. The standard InChI is InChI=1S/2C28H52N4O7/c2*1-17(2)15-21(31-26(36)20(6)30-27(37)39-28(7,8)9)11-13-23(33)29-19(5)25(35)32-22(16-18(3)4)12-14-24(34)38-10/h2*17-22H,11-16H2,1-10H3,(H,29,33)(H,30,37)(H,31,36)(H,32,35)/t2*19-,20-,21+,22+/m00/s1. The smallest absolute Gasteiger partial charge is 0.408 e. The number of rotatable bonds is 32. The second-order valence-electron chi connectivity index (χ2n) is 24.0. The van der Waals surface area contributed by atoms with Gasteiger partial charge in [0.1, 0.15) is 35.4 Å². The molecule has 452 valence electrons. The summed E-state index contributed by atoms with van der Waals surface area (Å²) in [6.07, 6.45) is 3.59. The minimum Gasteiger partial charge on any atom is -0.469 e. The van der Waals surface area contributed by atoms with Crippen LogP contribution in [-0.4, -0.2) is 133 Å². The molecule has 8 atom stereocenters. The molecule has 0 saturated carbocycles. The van der Waals surface area contributed by atoms with E-state index in [2.05, 4.69) is 42.5 Å². The van der Waals surface area contributed by atoms with Crippen LogP contribution in [0.4, 0.5) is 9.59 Å². The van der Waals surface area contributed by atoms with Crippen LogP contribution in [0.2, 0.25) is 0 Å². The van der Waals surface area contributed by atoms with Crippen molar-refractivity contribution < 1.29 is 66.9 Å². The number of esters is 2. The van der Waals surface area contributed by atoms with Crippen molar-refractivity contribution >= 4 is 59.6 Å². The monoisotopic (exact) mass is 1110 g/mol. The number of ether oxygens (including phenoxy) is 4. The minimum atomic E-state index is -0.815. The van der Waals surface area contributed by atoms with Crippen LogP contribution in [0.1, 0.15) is 202 Å². The highest BCUT2D eigenvalue weighted by molar-refractivity contribution is 5.89. The molecule has 0 aromatic rings. The molecule has 0 rings (SSSR count). The Hall–Kier alpha value is -5.70. The van der Waals surface area contributed by atoms with Gasteiger partial charge < -0.3 is 61.5 Å². The summed E-state index contributed by atoms with van der Waals surface area (Å²) in [6, 6.07) is -4.15. The maximum absolute atomic E-state index is 12.7. The summed E-state index contributed by atoms with van der Waals surface area (Å²) in [4.78, 5) is 123. The Morgan fingerprint density at radius 3 is 0.756 bits per heavy atom. The Balaban J connectivity index is 0. The Morgan fingerprint density at radius 1 is 0.333 bits per heavy atom. The van der Waals surface area contributed by atoms with Crippen LogP contribution >= 0.6 is 0 Å². The van der Waals surface area contributed by atoms with E-state index >= 15 is 0 Å². The molecule has 22 heteroatoms. The van der Waals surface area contributed by atoms with E-state index in [1.54, 1.807) is 69.2 Å². The van der Waals surface area contributed by atoms with E-state index in [0.717, 1.165) is 0 Å². The number of methoxy groups -OCH3 is 2. The normalized spacial score (nSPS) is 14.6. The Bertz CT molecular complexity index is 1750. The lowest BCUT2D eigenvalue weighted by molar-refractivity contribution is -0.141. The van der Waals surface area contributed by atoms with Crippen molar-refractivity contribution in [3.8, 4) is 0 Å². The van der Waals surface area contributed by atoms with Crippen molar-refractivity contribution in [3.63, 3.8) is 0 Å². The highest BCUT2D eigenvalue weighted by Crippen LogP contribution is 2.16. The van der Waals surface area contributed by atoms with Crippen molar-refractivity contribution in [2.45, 2.75) is 261 Å². The van der Waals surface area contributed by atoms with Crippen molar-refractivity contribution in [3.05, 3.63) is 0 Å². The van der Waals surface area contributed by atoms with Crippen molar-refractivity contribution in [1.82, 2.24) is 42.5 Å². The second-order valence-corrected chi connectivity index (χ2v) is 24.0. The quantitative estimate of drug-likeness (QED) is 0.0267. The van der Waals surface area contributed by atoms with E-state index in [0.29, 0.717) is 63.2 Å². The molecule has 78 heavy (non-hydrogen) atoms. The first-order valence-electron chi connectivity index (χ1n) is 27.8. The Labute approximate surface area is 466 Å². The molecule has 8 amide bonds. The first-order chi connectivity index (χ1) is 35.9. The van der Waals surface area contributed by atoms with Gasteiger partial charge in [-0.3, -0.25) is 38.4 Å². The van der Waals surface area contributed by atoms with Gasteiger partial charge in [0.05, 0.1) is 14.2 Å². The molecule has 0 fully saturated rings. The zero-order chi connectivity index (χ0) is 60.7. The molecular weight excluding hydrogens is 1010 g/mol. The number of amides is 8. The fourth-order valence-corrected chi connectivity index (χ4v) is 7.83. The van der Waals surface area contributed by atoms with Gasteiger partial charge in [0.25, 0.3) is 0 Å². The number of nitrogens with one attached hydrogen (secondary N) is 8. The molecule has 0 heterocycles. The number of hydrogen-bond acceptors (Lipinski definition) is 14. The number of carbonyl (C=O) groups excluding carboxylic acids is 10. The van der Waals surface area contributed by atoms with E-state index < -0.39 is 47.6 Å². The average molecular weight is 1110 g/mol. The van der Waals surface area contributed by atoms with E-state index in [4.69, 9.17) is 18.9 Å². The second kappa shape index (κ2) is 38.0. The fraction of sp³-hybridized carbons (Fsp3) is 0.821. The zero-order valence-corrected chi connectivity index (χ0v) is 51.1. The molecular formula is C56H104N8O14. The fourth-order valence-electron chi connectivity index (χ4n) is 7.83. The van der Waals surface area contributed by atoms with Crippen molar-refractivity contribution in [2.24, 2.45) is 23.7 Å². The molecule has 0 aliphatic carbocycles. The molecule has 0 unspecified atom stereocenters. The summed E-state index contributed by atoms with van der Waals surface area (Å²) in [5.74, 6) is -1.53. The van der Waals surface area contributed by atoms with Crippen LogP contribution in [0.5, 0.6) is 0 Å². The number of carbonyl (C=O) groups is 10. The predicted molar refractivity (Wildman–Crippen MR) is 299 cm³/mol. The predicted octanol–water partition coefficient (Wildman–Crippen LogP) is 6.40. The Morgan fingerprint density at radius 2 is 0.551 bits per heavy atom. The summed E-state index contributed by atoms with van der Waals surface area (Å²) in [5, 5.41) is 22.2. The van der Waals surface area contributed by atoms with Gasteiger partial charge in [0, 0.05) is 49.9 Å². The lowest BCUT2D eigenvalue weighted by Gasteiger charge is -2.25. The summed E-state index contributed by atoms with van der Waals surface area (Å²) in [7, 11) is 2.66. The molecule has 0 aliphatic heterocycles. The lowest BCUT2D eigenvalue weighted by Crippen LogP contribution is -2.50. The highest BCUT2D eigenvalue weighted by Gasteiger charge is 2.28. The van der Waals surface area contributed by atoms with Gasteiger partial charge in [0.2, 0.25) is 35.4 Å². The molecule has 0 radical (unpaired) electrons. The van der Waals surface area contributed by atoms with Crippen LogP contribution in [-0.2, 0) is 57.3 Å². The average Bonchev–Trinajstić information content (AvgIpc) is 3.28. The van der Waals surface area contributed by atoms with Gasteiger partial charge in [-0.25, -0.2) is 9.59 Å². The van der Waals surface area contributed by atoms with Crippen molar-refractivity contribution in [1.29, 1.82) is 0 Å². The van der Waals surface area contributed by atoms with E-state index in [-0.39, 0.29) is 109 Å². The summed E-state index contributed by atoms with van der Waals surface area (Å²) < 4.78 is 19.8. The van der Waals surface area contributed by atoms with Crippen LogP contribution in [0.25, 0.3) is 0 Å². The van der Waals surface area contributed by atoms with Crippen molar-refractivity contribution in [2.75, 3.05) is 14.2 Å². The largest absolute Gasteiger partial charge is 0.469 e. The number of alkyl carbamates (subject to hydrolysis) is 2. The van der Waals surface area contributed by atoms with Gasteiger partial charge in [-0.1, -0.05) is 55.4 Å². The summed E-state index contributed by atoms with van der Waals surface area (Å²) >= 11 is 0. The first-order valence-corrected chi connectivity index (χ1v) is 27.8. The summed E-state index contributed by atoms with van der Waals surface area (Å²) in [6.45, 7) is 33.0. The molecule has 0 bridgehead atoms. The van der Waals surface area contributed by atoms with Crippen LogP contribution < -0.4 is 42.5 Å². The molecule has 0 aliphatic rings. The molecule has 8 N–H and O–H groups in total. The third-order valence-electron chi connectivity index (χ3n) is 11.5. The third-order valence-corrected chi connectivity index (χ3v) is 11.5. The highest BCUT2D eigenvalue weighted by atomic mass is 16.6. The van der Waals surface area contributed by atoms with Gasteiger partial charge in [-0.2, -0.15) is 0 Å². The van der Waals surface area contributed by atoms with Gasteiger partial charge in [-0.05, 0) is 144 Å². The Kier molecular flexibility index (Phi) is 36.2. The van der Waals surface area contributed by atoms with E-state index in [9.17, 15) is 47.9 Å². The lowest BCUT2D eigenvalue weighted by atomic mass is 9.98. The van der Waals surface area contributed by atoms with Gasteiger partial charge >= 0.3 is 24.1 Å². The van der Waals surface area contributed by atoms with E-state index in [1.165, 1.54) is 14.2 Å². The first kappa shape index (κ1) is 74.4. The third kappa shape index (κ3) is 39.6. The van der Waals surface area contributed by atoms with Crippen LogP contribution in [0.3, 0.4) is 0 Å².